The normalized spacial score (nSPS) is 10.4. The van der Waals surface area contributed by atoms with E-state index >= 15 is 0 Å². The van der Waals surface area contributed by atoms with Gasteiger partial charge in [-0.3, -0.25) is 4.79 Å². The minimum absolute atomic E-state index is 0.0842. The van der Waals surface area contributed by atoms with Gasteiger partial charge in [0.25, 0.3) is 0 Å². The molecule has 0 unspecified atom stereocenters. The summed E-state index contributed by atoms with van der Waals surface area (Å²) < 4.78 is 2.93. The Bertz CT molecular complexity index is 618. The first kappa shape index (κ1) is 13.6. The zero-order valence-corrected chi connectivity index (χ0v) is 10.7. The lowest BCUT2D eigenvalue weighted by molar-refractivity contribution is -0.121. The van der Waals surface area contributed by atoms with Crippen molar-refractivity contribution in [2.75, 3.05) is 6.54 Å². The van der Waals surface area contributed by atoms with Crippen LogP contribution >= 0.6 is 0 Å². The average Bonchev–Trinajstić information content (AvgIpc) is 2.99. The van der Waals surface area contributed by atoms with Crippen LogP contribution in [0.5, 0.6) is 0 Å². The van der Waals surface area contributed by atoms with Gasteiger partial charge in [-0.05, 0) is 0 Å². The Morgan fingerprint density at radius 2 is 2.20 bits per heavy atom. The molecule has 0 fully saturated rings. The van der Waals surface area contributed by atoms with Crippen molar-refractivity contribution >= 4 is 11.9 Å². The maximum Gasteiger partial charge on any atom is 0.358 e. The van der Waals surface area contributed by atoms with Crippen LogP contribution in [0.25, 0.3) is 0 Å². The molecule has 0 radical (unpaired) electrons. The lowest BCUT2D eigenvalue weighted by Gasteiger charge is -2.04. The van der Waals surface area contributed by atoms with Crippen LogP contribution in [0.15, 0.2) is 12.5 Å². The molecule has 10 heteroatoms. The fourth-order valence-electron chi connectivity index (χ4n) is 1.52. The number of carbonyl (C=O) groups excluding carboxylic acids is 1. The van der Waals surface area contributed by atoms with E-state index in [9.17, 15) is 9.59 Å². The summed E-state index contributed by atoms with van der Waals surface area (Å²) in [6.07, 6.45) is 3.34. The van der Waals surface area contributed by atoms with E-state index in [2.05, 4.69) is 25.8 Å². The van der Waals surface area contributed by atoms with Gasteiger partial charge in [-0.25, -0.2) is 9.48 Å². The van der Waals surface area contributed by atoms with Gasteiger partial charge in [0.15, 0.2) is 5.69 Å². The summed E-state index contributed by atoms with van der Waals surface area (Å²) in [6, 6.07) is 0. The number of rotatable bonds is 6. The summed E-state index contributed by atoms with van der Waals surface area (Å²) in [5.74, 6) is -0.702. The monoisotopic (exact) mass is 279 g/mol. The number of carboxylic acids is 1. The molecule has 0 aliphatic carbocycles. The van der Waals surface area contributed by atoms with Gasteiger partial charge in [-0.1, -0.05) is 5.21 Å². The first-order valence-corrected chi connectivity index (χ1v) is 5.79. The molecule has 0 saturated carbocycles. The predicted octanol–water partition coefficient (Wildman–Crippen LogP) is -1.54. The third-order valence-electron chi connectivity index (χ3n) is 2.54. The van der Waals surface area contributed by atoms with Crippen LogP contribution in [-0.4, -0.2) is 53.3 Å². The second-order valence-electron chi connectivity index (χ2n) is 4.06. The second-order valence-corrected chi connectivity index (χ2v) is 4.06. The Kier molecular flexibility index (Phi) is 4.03. The lowest BCUT2D eigenvalue weighted by Crippen LogP contribution is -2.30. The lowest BCUT2D eigenvalue weighted by atomic mass is 10.4. The van der Waals surface area contributed by atoms with E-state index in [4.69, 9.17) is 5.11 Å². The Labute approximate surface area is 113 Å². The van der Waals surface area contributed by atoms with E-state index in [1.807, 2.05) is 7.05 Å². The molecule has 20 heavy (non-hydrogen) atoms. The molecule has 2 aromatic heterocycles. The van der Waals surface area contributed by atoms with Gasteiger partial charge in [0.05, 0.1) is 6.20 Å². The zero-order chi connectivity index (χ0) is 14.5. The molecular formula is C10H13N7O3. The minimum Gasteiger partial charge on any atom is -0.476 e. The molecule has 0 aromatic carbocycles. The van der Waals surface area contributed by atoms with Gasteiger partial charge >= 0.3 is 5.97 Å². The first-order chi connectivity index (χ1) is 9.56. The SMILES string of the molecule is Cn1cnnc1CCNC(=O)Cn1cc(C(=O)O)nn1. The van der Waals surface area contributed by atoms with Crippen LogP contribution in [0.1, 0.15) is 16.3 Å². The predicted molar refractivity (Wildman–Crippen MR) is 64.7 cm³/mol. The van der Waals surface area contributed by atoms with Crippen LogP contribution in [0.2, 0.25) is 0 Å². The van der Waals surface area contributed by atoms with Crippen molar-refractivity contribution in [1.29, 1.82) is 0 Å². The highest BCUT2D eigenvalue weighted by Crippen LogP contribution is 1.93. The number of aromatic nitrogens is 6. The van der Waals surface area contributed by atoms with Crippen molar-refractivity contribution < 1.29 is 14.7 Å². The summed E-state index contributed by atoms with van der Waals surface area (Å²) in [5, 5.41) is 25.9. The number of amides is 1. The maximum atomic E-state index is 11.6. The highest BCUT2D eigenvalue weighted by Gasteiger charge is 2.10. The fraction of sp³-hybridized carbons (Fsp3) is 0.400. The van der Waals surface area contributed by atoms with Gasteiger partial charge in [0.1, 0.15) is 18.7 Å². The maximum absolute atomic E-state index is 11.6. The molecule has 106 valence electrons. The molecule has 0 bridgehead atoms. The van der Waals surface area contributed by atoms with Gasteiger partial charge in [-0.15, -0.1) is 15.3 Å². The number of nitrogens with one attached hydrogen (secondary N) is 1. The van der Waals surface area contributed by atoms with Gasteiger partial charge in [0.2, 0.25) is 5.91 Å². The highest BCUT2D eigenvalue weighted by molar-refractivity contribution is 5.84. The van der Waals surface area contributed by atoms with E-state index < -0.39 is 5.97 Å². The van der Waals surface area contributed by atoms with Crippen molar-refractivity contribution in [2.45, 2.75) is 13.0 Å². The van der Waals surface area contributed by atoms with Crippen molar-refractivity contribution in [3.63, 3.8) is 0 Å². The molecule has 0 aliphatic rings. The number of carbonyl (C=O) groups is 2. The van der Waals surface area contributed by atoms with Crippen molar-refractivity contribution in [1.82, 2.24) is 35.1 Å². The van der Waals surface area contributed by atoms with Crippen LogP contribution in [-0.2, 0) is 24.8 Å². The topological polar surface area (TPSA) is 128 Å². The Morgan fingerprint density at radius 1 is 1.40 bits per heavy atom. The summed E-state index contributed by atoms with van der Waals surface area (Å²) in [4.78, 5) is 22.2. The zero-order valence-electron chi connectivity index (χ0n) is 10.7. The molecule has 2 aromatic rings. The van der Waals surface area contributed by atoms with Crippen LogP contribution in [0.4, 0.5) is 0 Å². The Hall–Kier alpha value is -2.78. The Balaban J connectivity index is 1.77. The number of aromatic carboxylic acids is 1. The van der Waals surface area contributed by atoms with Gasteiger partial charge < -0.3 is 15.0 Å². The highest BCUT2D eigenvalue weighted by atomic mass is 16.4. The van der Waals surface area contributed by atoms with Crippen molar-refractivity contribution in [2.24, 2.45) is 7.05 Å². The van der Waals surface area contributed by atoms with Crippen LogP contribution in [0.3, 0.4) is 0 Å². The summed E-state index contributed by atoms with van der Waals surface area (Å²) in [5.41, 5.74) is -0.197. The standard InChI is InChI=1S/C10H13N7O3/c1-16-6-12-14-8(16)2-3-11-9(18)5-17-4-7(10(19)20)13-15-17/h4,6H,2-3,5H2,1H3,(H,11,18)(H,19,20). The number of hydrogen-bond acceptors (Lipinski definition) is 6. The van der Waals surface area contributed by atoms with Crippen molar-refractivity contribution in [3.8, 4) is 0 Å². The number of hydrogen-bond donors (Lipinski definition) is 2. The van der Waals surface area contributed by atoms with E-state index in [-0.39, 0.29) is 18.1 Å². The molecular weight excluding hydrogens is 266 g/mol. The molecule has 0 spiro atoms. The number of carboxylic acid groups (broad SMARTS) is 1. The van der Waals surface area contributed by atoms with E-state index in [0.717, 1.165) is 5.82 Å². The van der Waals surface area contributed by atoms with Gasteiger partial charge in [0, 0.05) is 20.0 Å². The largest absolute Gasteiger partial charge is 0.476 e. The fourth-order valence-corrected chi connectivity index (χ4v) is 1.52. The van der Waals surface area contributed by atoms with E-state index in [1.54, 1.807) is 10.9 Å². The summed E-state index contributed by atoms with van der Waals surface area (Å²) in [7, 11) is 1.82. The number of nitrogens with zero attached hydrogens (tertiary/aromatic N) is 6. The smallest absolute Gasteiger partial charge is 0.358 e. The Morgan fingerprint density at radius 3 is 2.80 bits per heavy atom. The minimum atomic E-state index is -1.18. The van der Waals surface area contributed by atoms with E-state index in [0.29, 0.717) is 13.0 Å². The quantitative estimate of drug-likeness (QED) is 0.656. The molecule has 2 heterocycles. The average molecular weight is 279 g/mol. The summed E-state index contributed by atoms with van der Waals surface area (Å²) in [6.45, 7) is 0.324. The summed E-state index contributed by atoms with van der Waals surface area (Å²) >= 11 is 0. The third-order valence-corrected chi connectivity index (χ3v) is 2.54. The molecule has 10 nitrogen and oxygen atoms in total. The van der Waals surface area contributed by atoms with Gasteiger partial charge in [-0.2, -0.15) is 0 Å². The molecule has 0 aliphatic heterocycles. The van der Waals surface area contributed by atoms with Crippen LogP contribution < -0.4 is 5.32 Å². The third kappa shape index (κ3) is 3.37. The van der Waals surface area contributed by atoms with Crippen LogP contribution in [0, 0.1) is 0 Å². The molecule has 0 atom stereocenters. The molecule has 0 saturated heterocycles. The molecule has 2 rings (SSSR count). The second kappa shape index (κ2) is 5.91. The van der Waals surface area contributed by atoms with E-state index in [1.165, 1.54) is 10.9 Å². The number of aryl methyl sites for hydroxylation is 1. The molecule has 2 N–H and O–H groups in total. The van der Waals surface area contributed by atoms with Crippen molar-refractivity contribution in [3.05, 3.63) is 24.0 Å². The molecule has 1 amide bonds. The first-order valence-electron chi connectivity index (χ1n) is 5.79.